The van der Waals surface area contributed by atoms with E-state index in [9.17, 15) is 4.79 Å². The number of Topliss-reactive ketones (excluding diaryl/α,β-unsaturated/α-hetero) is 1. The third-order valence-corrected chi connectivity index (χ3v) is 7.24. The SMILES string of the molecule is CC(CN1CCC(Oc2ccccc2C(=O)CCCCN2CCCC2)CC1)c1ccccc1. The van der Waals surface area contributed by atoms with Crippen LogP contribution in [0, 0.1) is 0 Å². The van der Waals surface area contributed by atoms with Crippen LogP contribution in [0.25, 0.3) is 0 Å². The fourth-order valence-corrected chi connectivity index (χ4v) is 5.23. The van der Waals surface area contributed by atoms with Gasteiger partial charge in [0.15, 0.2) is 5.78 Å². The molecule has 2 aromatic carbocycles. The lowest BCUT2D eigenvalue weighted by Gasteiger charge is -2.34. The first-order valence-corrected chi connectivity index (χ1v) is 13.0. The molecule has 0 amide bonds. The number of para-hydroxylation sites is 1. The zero-order chi connectivity index (χ0) is 22.9. The molecule has 0 saturated carbocycles. The molecule has 178 valence electrons. The number of likely N-dealkylation sites (tertiary alicyclic amines) is 2. The van der Waals surface area contributed by atoms with Crippen molar-refractivity contribution in [2.75, 3.05) is 39.3 Å². The van der Waals surface area contributed by atoms with Crippen LogP contribution in [-0.2, 0) is 0 Å². The Labute approximate surface area is 199 Å². The van der Waals surface area contributed by atoms with Crippen molar-refractivity contribution in [1.82, 2.24) is 9.80 Å². The molecule has 0 radical (unpaired) electrons. The van der Waals surface area contributed by atoms with Gasteiger partial charge < -0.3 is 14.5 Å². The predicted octanol–water partition coefficient (Wildman–Crippen LogP) is 5.78. The van der Waals surface area contributed by atoms with Crippen LogP contribution < -0.4 is 4.74 Å². The zero-order valence-electron chi connectivity index (χ0n) is 20.3. The maximum atomic E-state index is 12.9. The van der Waals surface area contributed by atoms with Crippen molar-refractivity contribution < 1.29 is 9.53 Å². The highest BCUT2D eigenvalue weighted by Gasteiger charge is 2.23. The molecule has 33 heavy (non-hydrogen) atoms. The Balaban J connectivity index is 1.22. The van der Waals surface area contributed by atoms with E-state index >= 15 is 0 Å². The van der Waals surface area contributed by atoms with Crippen molar-refractivity contribution in [2.45, 2.75) is 63.9 Å². The summed E-state index contributed by atoms with van der Waals surface area (Å²) in [6.45, 7) is 9.09. The molecular formula is C29H40N2O2. The van der Waals surface area contributed by atoms with E-state index in [4.69, 9.17) is 4.74 Å². The number of nitrogens with zero attached hydrogens (tertiary/aromatic N) is 2. The normalized spacial score (nSPS) is 18.9. The van der Waals surface area contributed by atoms with Crippen LogP contribution in [0.2, 0.25) is 0 Å². The summed E-state index contributed by atoms with van der Waals surface area (Å²) in [4.78, 5) is 18.0. The molecule has 2 fully saturated rings. The highest BCUT2D eigenvalue weighted by Crippen LogP contribution is 2.26. The zero-order valence-corrected chi connectivity index (χ0v) is 20.3. The van der Waals surface area contributed by atoms with Gasteiger partial charge in [0, 0.05) is 26.1 Å². The molecule has 4 heteroatoms. The third-order valence-electron chi connectivity index (χ3n) is 7.24. The van der Waals surface area contributed by atoms with Crippen molar-refractivity contribution >= 4 is 5.78 Å². The average Bonchev–Trinajstić information content (AvgIpc) is 3.37. The summed E-state index contributed by atoms with van der Waals surface area (Å²) in [6, 6.07) is 18.6. The van der Waals surface area contributed by atoms with Gasteiger partial charge in [-0.25, -0.2) is 0 Å². The number of ether oxygens (including phenoxy) is 1. The maximum Gasteiger partial charge on any atom is 0.166 e. The van der Waals surface area contributed by atoms with Crippen molar-refractivity contribution in [1.29, 1.82) is 0 Å². The van der Waals surface area contributed by atoms with Crippen LogP contribution >= 0.6 is 0 Å². The fourth-order valence-electron chi connectivity index (χ4n) is 5.23. The molecule has 2 heterocycles. The van der Waals surface area contributed by atoms with Gasteiger partial charge in [-0.1, -0.05) is 49.4 Å². The van der Waals surface area contributed by atoms with Gasteiger partial charge in [-0.05, 0) is 81.8 Å². The van der Waals surface area contributed by atoms with Gasteiger partial charge in [0.25, 0.3) is 0 Å². The maximum absolute atomic E-state index is 12.9. The van der Waals surface area contributed by atoms with Crippen molar-refractivity contribution in [2.24, 2.45) is 0 Å². The highest BCUT2D eigenvalue weighted by atomic mass is 16.5. The molecule has 0 bridgehead atoms. The minimum absolute atomic E-state index is 0.192. The van der Waals surface area contributed by atoms with Crippen LogP contribution in [0.4, 0.5) is 0 Å². The first kappa shape index (κ1) is 24.0. The van der Waals surface area contributed by atoms with E-state index in [1.165, 1.54) is 31.5 Å². The van der Waals surface area contributed by atoms with Crippen molar-refractivity contribution in [3.05, 3.63) is 65.7 Å². The van der Waals surface area contributed by atoms with E-state index in [1.807, 2.05) is 24.3 Å². The molecule has 2 aromatic rings. The molecular weight excluding hydrogens is 408 g/mol. The number of benzene rings is 2. The van der Waals surface area contributed by atoms with E-state index in [-0.39, 0.29) is 11.9 Å². The summed E-state index contributed by atoms with van der Waals surface area (Å²) >= 11 is 0. The van der Waals surface area contributed by atoms with Gasteiger partial charge in [-0.2, -0.15) is 0 Å². The molecule has 4 rings (SSSR count). The number of carbonyl (C=O) groups excluding carboxylic acids is 1. The minimum Gasteiger partial charge on any atom is -0.490 e. The molecule has 4 nitrogen and oxygen atoms in total. The number of rotatable bonds is 11. The third kappa shape index (κ3) is 7.15. The van der Waals surface area contributed by atoms with E-state index in [0.29, 0.717) is 12.3 Å². The van der Waals surface area contributed by atoms with Crippen molar-refractivity contribution in [3.8, 4) is 5.75 Å². The summed E-state index contributed by atoms with van der Waals surface area (Å²) in [5.41, 5.74) is 2.17. The minimum atomic E-state index is 0.192. The Bertz CT molecular complexity index is 855. The summed E-state index contributed by atoms with van der Waals surface area (Å²) in [6.07, 6.45) is 7.56. The lowest BCUT2D eigenvalue weighted by Crippen LogP contribution is -2.40. The standard InChI is InChI=1S/C29H40N2O2/c1-24(25-11-3-2-4-12-25)23-31-21-16-26(17-22-31)33-29-15-6-5-13-27(29)28(32)14-7-8-18-30-19-9-10-20-30/h2-6,11-13,15,24,26H,7-10,14,16-23H2,1H3. The van der Waals surface area contributed by atoms with Crippen LogP contribution in [0.5, 0.6) is 5.75 Å². The second kappa shape index (κ2) is 12.3. The van der Waals surface area contributed by atoms with Gasteiger partial charge in [0.2, 0.25) is 0 Å². The lowest BCUT2D eigenvalue weighted by molar-refractivity contribution is 0.0911. The Hall–Kier alpha value is -2.17. The lowest BCUT2D eigenvalue weighted by atomic mass is 9.99. The van der Waals surface area contributed by atoms with E-state index in [1.54, 1.807) is 0 Å². The molecule has 0 aromatic heterocycles. The number of hydrogen-bond acceptors (Lipinski definition) is 4. The van der Waals surface area contributed by atoms with Crippen LogP contribution in [0.3, 0.4) is 0 Å². The number of ketones is 1. The quantitative estimate of drug-likeness (QED) is 0.322. The highest BCUT2D eigenvalue weighted by molar-refractivity contribution is 5.98. The Morgan fingerprint density at radius 1 is 0.909 bits per heavy atom. The topological polar surface area (TPSA) is 32.8 Å². The molecule has 2 aliphatic rings. The van der Waals surface area contributed by atoms with Gasteiger partial charge in [-0.3, -0.25) is 4.79 Å². The summed E-state index contributed by atoms with van der Waals surface area (Å²) in [5.74, 6) is 1.53. The van der Waals surface area contributed by atoms with Gasteiger partial charge in [0.05, 0.1) is 5.56 Å². The van der Waals surface area contributed by atoms with Crippen LogP contribution in [-0.4, -0.2) is 61.0 Å². The number of unbranched alkanes of at least 4 members (excludes halogenated alkanes) is 1. The molecule has 0 spiro atoms. The monoisotopic (exact) mass is 448 g/mol. The van der Waals surface area contributed by atoms with E-state index in [0.717, 1.165) is 63.2 Å². The van der Waals surface area contributed by atoms with Gasteiger partial charge in [0.1, 0.15) is 11.9 Å². The first-order valence-electron chi connectivity index (χ1n) is 13.0. The Kier molecular flexibility index (Phi) is 8.96. The smallest absolute Gasteiger partial charge is 0.166 e. The van der Waals surface area contributed by atoms with Crippen LogP contribution in [0.1, 0.15) is 73.7 Å². The molecule has 1 atom stereocenters. The second-order valence-corrected chi connectivity index (χ2v) is 9.85. The largest absolute Gasteiger partial charge is 0.490 e. The Morgan fingerprint density at radius 2 is 1.61 bits per heavy atom. The van der Waals surface area contributed by atoms with Gasteiger partial charge >= 0.3 is 0 Å². The molecule has 2 saturated heterocycles. The first-order chi connectivity index (χ1) is 16.2. The second-order valence-electron chi connectivity index (χ2n) is 9.85. The molecule has 1 unspecified atom stereocenters. The average molecular weight is 449 g/mol. The fraction of sp³-hybridized carbons (Fsp3) is 0.552. The van der Waals surface area contributed by atoms with Crippen molar-refractivity contribution in [3.63, 3.8) is 0 Å². The predicted molar refractivity (Wildman–Crippen MR) is 135 cm³/mol. The van der Waals surface area contributed by atoms with E-state index < -0.39 is 0 Å². The molecule has 0 N–H and O–H groups in total. The number of piperidine rings is 1. The van der Waals surface area contributed by atoms with E-state index in [2.05, 4.69) is 47.1 Å². The summed E-state index contributed by atoms with van der Waals surface area (Å²) < 4.78 is 6.38. The van der Waals surface area contributed by atoms with Gasteiger partial charge in [-0.15, -0.1) is 0 Å². The summed E-state index contributed by atoms with van der Waals surface area (Å²) in [5, 5.41) is 0. The molecule has 2 aliphatic heterocycles. The Morgan fingerprint density at radius 3 is 2.36 bits per heavy atom. The summed E-state index contributed by atoms with van der Waals surface area (Å²) in [7, 11) is 0. The van der Waals surface area contributed by atoms with Crippen LogP contribution in [0.15, 0.2) is 54.6 Å². The number of carbonyl (C=O) groups is 1. The number of hydrogen-bond donors (Lipinski definition) is 0. The molecule has 0 aliphatic carbocycles.